The lowest BCUT2D eigenvalue weighted by Gasteiger charge is -2.07. The highest BCUT2D eigenvalue weighted by Crippen LogP contribution is 2.28. The summed E-state index contributed by atoms with van der Waals surface area (Å²) in [5.41, 5.74) is 3.59. The molecule has 0 aliphatic heterocycles. The lowest BCUT2D eigenvalue weighted by Crippen LogP contribution is -2.41. The second-order valence-electron chi connectivity index (χ2n) is 5.55. The van der Waals surface area contributed by atoms with Crippen LogP contribution in [-0.2, 0) is 16.4 Å². The van der Waals surface area contributed by atoms with Crippen LogP contribution in [0.1, 0.15) is 23.0 Å². The summed E-state index contributed by atoms with van der Waals surface area (Å²) >= 11 is 0. The molecule has 0 spiro atoms. The van der Waals surface area contributed by atoms with Crippen molar-refractivity contribution in [1.82, 2.24) is 10.3 Å². The van der Waals surface area contributed by atoms with E-state index < -0.39 is 15.9 Å². The summed E-state index contributed by atoms with van der Waals surface area (Å²) in [6, 6.07) is 13.2. The monoisotopic (exact) mass is 374 g/mol. The van der Waals surface area contributed by atoms with Gasteiger partial charge in [0.15, 0.2) is 17.1 Å². The van der Waals surface area contributed by atoms with Crippen LogP contribution in [0, 0.1) is 0 Å². The predicted octanol–water partition coefficient (Wildman–Crippen LogP) is 2.63. The Labute approximate surface area is 151 Å². The van der Waals surface area contributed by atoms with E-state index in [4.69, 9.17) is 9.15 Å². The van der Waals surface area contributed by atoms with E-state index in [1.807, 2.05) is 6.92 Å². The van der Waals surface area contributed by atoms with Gasteiger partial charge in [-0.2, -0.15) is 0 Å². The van der Waals surface area contributed by atoms with Crippen LogP contribution >= 0.6 is 0 Å². The van der Waals surface area contributed by atoms with E-state index >= 15 is 0 Å². The van der Waals surface area contributed by atoms with Gasteiger partial charge in [-0.1, -0.05) is 31.2 Å². The second kappa shape index (κ2) is 7.19. The number of carbonyl (C=O) groups is 1. The molecule has 0 bridgehead atoms. The maximum Gasteiger partial charge on any atom is 0.301 e. The van der Waals surface area contributed by atoms with E-state index in [2.05, 4.69) is 10.3 Å². The smallest absolute Gasteiger partial charge is 0.301 e. The molecular formula is C18H18N2O5S. The quantitative estimate of drug-likeness (QED) is 0.647. The Morgan fingerprint density at radius 2 is 1.88 bits per heavy atom. The molecule has 0 atom stereocenters. The number of amides is 1. The van der Waals surface area contributed by atoms with Crippen molar-refractivity contribution < 1.29 is 22.4 Å². The van der Waals surface area contributed by atoms with Crippen LogP contribution in [-0.4, -0.2) is 21.4 Å². The standard InChI is InChI=1S/C18H18N2O5S/c1-3-12-7-9-14(10-8-12)26(22,23)20-19-18(21)16-11-13-5-4-6-15(24-2)17(13)25-16/h4-11,20H,3H2,1-2H3,(H,19,21). The van der Waals surface area contributed by atoms with Gasteiger partial charge in [-0.3, -0.25) is 10.2 Å². The topological polar surface area (TPSA) is 97.6 Å². The Kier molecular flexibility index (Phi) is 4.97. The Bertz CT molecular complexity index is 1040. The number of para-hydroxylation sites is 1. The van der Waals surface area contributed by atoms with E-state index in [-0.39, 0.29) is 10.7 Å². The van der Waals surface area contributed by atoms with Gasteiger partial charge >= 0.3 is 5.91 Å². The Hall–Kier alpha value is -2.84. The fourth-order valence-corrected chi connectivity index (χ4v) is 3.29. The van der Waals surface area contributed by atoms with Gasteiger partial charge in [0.05, 0.1) is 12.0 Å². The summed E-state index contributed by atoms with van der Waals surface area (Å²) in [5.74, 6) is -0.260. The lowest BCUT2D eigenvalue weighted by molar-refractivity contribution is 0.0919. The maximum absolute atomic E-state index is 12.3. The molecule has 1 amide bonds. The van der Waals surface area contributed by atoms with Crippen LogP contribution in [0.4, 0.5) is 0 Å². The van der Waals surface area contributed by atoms with Crippen LogP contribution in [0.3, 0.4) is 0 Å². The van der Waals surface area contributed by atoms with Crippen molar-refractivity contribution >= 4 is 26.9 Å². The van der Waals surface area contributed by atoms with Gasteiger partial charge < -0.3 is 9.15 Å². The number of carbonyl (C=O) groups excluding carboxylic acids is 1. The number of hydrogen-bond donors (Lipinski definition) is 2. The number of methoxy groups -OCH3 is 1. The number of hydrazine groups is 1. The molecule has 3 aromatic rings. The highest BCUT2D eigenvalue weighted by Gasteiger charge is 2.18. The molecule has 1 aromatic heterocycles. The fourth-order valence-electron chi connectivity index (χ4n) is 2.45. The number of nitrogens with one attached hydrogen (secondary N) is 2. The van der Waals surface area contributed by atoms with E-state index in [1.54, 1.807) is 30.3 Å². The third-order valence-electron chi connectivity index (χ3n) is 3.89. The zero-order valence-corrected chi connectivity index (χ0v) is 15.1. The third kappa shape index (κ3) is 3.56. The molecule has 0 saturated carbocycles. The van der Waals surface area contributed by atoms with Gasteiger partial charge in [0, 0.05) is 5.39 Å². The second-order valence-corrected chi connectivity index (χ2v) is 7.23. The minimum atomic E-state index is -3.88. The largest absolute Gasteiger partial charge is 0.493 e. The molecule has 136 valence electrons. The van der Waals surface area contributed by atoms with E-state index in [9.17, 15) is 13.2 Å². The molecule has 0 saturated heterocycles. The lowest BCUT2D eigenvalue weighted by atomic mass is 10.2. The van der Waals surface area contributed by atoms with Gasteiger partial charge in [-0.05, 0) is 36.2 Å². The van der Waals surface area contributed by atoms with Gasteiger partial charge in [0.2, 0.25) is 0 Å². The van der Waals surface area contributed by atoms with Gasteiger partial charge in [-0.25, -0.2) is 8.42 Å². The minimum absolute atomic E-state index is 0.0338. The number of aryl methyl sites for hydroxylation is 1. The third-order valence-corrected chi connectivity index (χ3v) is 5.16. The molecule has 0 unspecified atom stereocenters. The number of fused-ring (bicyclic) bond motifs is 1. The van der Waals surface area contributed by atoms with Crippen molar-refractivity contribution in [3.8, 4) is 5.75 Å². The highest BCUT2D eigenvalue weighted by atomic mass is 32.2. The first-order valence-electron chi connectivity index (χ1n) is 7.92. The summed E-state index contributed by atoms with van der Waals surface area (Å²) in [7, 11) is -2.38. The van der Waals surface area contributed by atoms with Crippen molar-refractivity contribution in [1.29, 1.82) is 0 Å². The van der Waals surface area contributed by atoms with E-state index in [0.717, 1.165) is 12.0 Å². The molecule has 2 aromatic carbocycles. The van der Waals surface area contributed by atoms with Crippen LogP contribution in [0.25, 0.3) is 11.0 Å². The first-order valence-corrected chi connectivity index (χ1v) is 9.40. The van der Waals surface area contributed by atoms with Crippen LogP contribution < -0.4 is 15.0 Å². The number of sulfonamides is 1. The molecular weight excluding hydrogens is 356 g/mol. The fraction of sp³-hybridized carbons (Fsp3) is 0.167. The number of hydrogen-bond acceptors (Lipinski definition) is 5. The number of rotatable bonds is 6. The molecule has 26 heavy (non-hydrogen) atoms. The highest BCUT2D eigenvalue weighted by molar-refractivity contribution is 7.89. The molecule has 0 aliphatic carbocycles. The summed E-state index contributed by atoms with van der Waals surface area (Å²) in [6.45, 7) is 1.98. The van der Waals surface area contributed by atoms with Crippen molar-refractivity contribution in [3.05, 3.63) is 59.9 Å². The first kappa shape index (κ1) is 18.0. The molecule has 0 radical (unpaired) electrons. The average Bonchev–Trinajstić information content (AvgIpc) is 3.10. The summed E-state index contributed by atoms with van der Waals surface area (Å²) < 4.78 is 35.2. The van der Waals surface area contributed by atoms with Gasteiger partial charge in [0.1, 0.15) is 0 Å². The van der Waals surface area contributed by atoms with E-state index in [0.29, 0.717) is 16.7 Å². The zero-order chi connectivity index (χ0) is 18.7. The zero-order valence-electron chi connectivity index (χ0n) is 14.3. The van der Waals surface area contributed by atoms with Crippen molar-refractivity contribution in [2.45, 2.75) is 18.2 Å². The Balaban J connectivity index is 1.75. The SMILES string of the molecule is CCc1ccc(S(=O)(=O)NNC(=O)c2cc3cccc(OC)c3o2)cc1. The average molecular weight is 374 g/mol. The Morgan fingerprint density at radius 1 is 1.15 bits per heavy atom. The van der Waals surface area contributed by atoms with Crippen LogP contribution in [0.15, 0.2) is 57.8 Å². The minimum Gasteiger partial charge on any atom is -0.493 e. The molecule has 3 rings (SSSR count). The number of furan rings is 1. The summed E-state index contributed by atoms with van der Waals surface area (Å²) in [4.78, 5) is 14.3. The van der Waals surface area contributed by atoms with Crippen LogP contribution in [0.5, 0.6) is 5.75 Å². The number of benzene rings is 2. The van der Waals surface area contributed by atoms with Crippen LogP contribution in [0.2, 0.25) is 0 Å². The first-order chi connectivity index (χ1) is 12.4. The van der Waals surface area contributed by atoms with Crippen molar-refractivity contribution in [2.75, 3.05) is 7.11 Å². The van der Waals surface area contributed by atoms with Crippen molar-refractivity contribution in [2.24, 2.45) is 0 Å². The molecule has 0 fully saturated rings. The van der Waals surface area contributed by atoms with Gasteiger partial charge in [-0.15, -0.1) is 4.83 Å². The summed E-state index contributed by atoms with van der Waals surface area (Å²) in [6.07, 6.45) is 0.806. The summed E-state index contributed by atoms with van der Waals surface area (Å²) in [5, 5.41) is 0.674. The molecule has 2 N–H and O–H groups in total. The van der Waals surface area contributed by atoms with E-state index in [1.165, 1.54) is 25.3 Å². The van der Waals surface area contributed by atoms with Gasteiger partial charge in [0.25, 0.3) is 10.0 Å². The number of ether oxygens (including phenoxy) is 1. The normalized spacial score (nSPS) is 11.5. The Morgan fingerprint density at radius 3 is 2.54 bits per heavy atom. The molecule has 1 heterocycles. The molecule has 0 aliphatic rings. The predicted molar refractivity (Wildman–Crippen MR) is 96.4 cm³/mol. The molecule has 7 nitrogen and oxygen atoms in total. The molecule has 8 heteroatoms. The maximum atomic E-state index is 12.3. The van der Waals surface area contributed by atoms with Crippen molar-refractivity contribution in [3.63, 3.8) is 0 Å².